The second-order valence-corrected chi connectivity index (χ2v) is 7.38. The van der Waals surface area contributed by atoms with Crippen LogP contribution < -0.4 is 5.73 Å². The van der Waals surface area contributed by atoms with Gasteiger partial charge in [-0.1, -0.05) is 29.8 Å². The van der Waals surface area contributed by atoms with Crippen molar-refractivity contribution in [2.45, 2.75) is 30.4 Å². The first-order valence-electron chi connectivity index (χ1n) is 6.17. The number of halogens is 2. The fraction of sp³-hybridized carbons (Fsp3) is 0.286. The number of benzene rings is 1. The first-order valence-corrected chi connectivity index (χ1v) is 8.74. The van der Waals surface area contributed by atoms with E-state index in [-0.39, 0.29) is 0 Å². The molecule has 0 aliphatic heterocycles. The molecule has 0 amide bonds. The Bertz CT molecular complexity index is 600. The van der Waals surface area contributed by atoms with Gasteiger partial charge in [-0.3, -0.25) is 0 Å². The third-order valence-corrected chi connectivity index (χ3v) is 5.03. The molecular weight excluding hydrogens is 402 g/mol. The number of nitrogens with zero attached hydrogens (tertiary/aromatic N) is 2. The molecule has 0 fully saturated rings. The summed E-state index contributed by atoms with van der Waals surface area (Å²) in [4.78, 5) is 10.1. The van der Waals surface area contributed by atoms with Crippen molar-refractivity contribution in [1.29, 1.82) is 0 Å². The Morgan fingerprint density at radius 1 is 1.15 bits per heavy atom. The Hall–Kier alpha value is -0.590. The van der Waals surface area contributed by atoms with Crippen molar-refractivity contribution in [1.82, 2.24) is 9.97 Å². The predicted molar refractivity (Wildman–Crippen MR) is 91.9 cm³/mol. The number of aromatic nitrogens is 2. The third kappa shape index (κ3) is 3.96. The molecule has 0 atom stereocenters. The van der Waals surface area contributed by atoms with Crippen molar-refractivity contribution in [2.75, 3.05) is 5.73 Å². The van der Waals surface area contributed by atoms with Gasteiger partial charge in [-0.15, -0.1) is 11.8 Å². The molecule has 2 rings (SSSR count). The van der Waals surface area contributed by atoms with E-state index in [1.165, 1.54) is 4.90 Å². The standard InChI is InChI=1S/C14H15Br2N3S/c1-8(2)13-12(16)14(17)19-11(18-13)7-20-10-5-3-9(15)4-6-10/h3-6,8H,7H2,1-2H3,(H2,17,18,19). The molecule has 1 heterocycles. The molecule has 3 nitrogen and oxygen atoms in total. The monoisotopic (exact) mass is 415 g/mol. The zero-order valence-corrected chi connectivity index (χ0v) is 15.2. The average molecular weight is 417 g/mol. The van der Waals surface area contributed by atoms with Crippen LogP contribution in [-0.2, 0) is 5.75 Å². The van der Waals surface area contributed by atoms with Gasteiger partial charge in [0, 0.05) is 9.37 Å². The van der Waals surface area contributed by atoms with Gasteiger partial charge < -0.3 is 5.73 Å². The van der Waals surface area contributed by atoms with E-state index in [2.05, 4.69) is 67.8 Å². The van der Waals surface area contributed by atoms with Crippen LogP contribution in [0, 0.1) is 0 Å². The van der Waals surface area contributed by atoms with Crippen LogP contribution in [0.15, 0.2) is 38.1 Å². The smallest absolute Gasteiger partial charge is 0.141 e. The van der Waals surface area contributed by atoms with Gasteiger partial charge in [0.25, 0.3) is 0 Å². The number of thioether (sulfide) groups is 1. The Kier molecular flexibility index (Phi) is 5.46. The van der Waals surface area contributed by atoms with Gasteiger partial charge in [-0.05, 0) is 46.1 Å². The number of hydrogen-bond acceptors (Lipinski definition) is 4. The summed E-state index contributed by atoms with van der Waals surface area (Å²) in [5, 5.41) is 0. The number of hydrogen-bond donors (Lipinski definition) is 1. The minimum Gasteiger partial charge on any atom is -0.383 e. The molecule has 0 bridgehead atoms. The number of nitrogen functional groups attached to an aromatic ring is 1. The second-order valence-electron chi connectivity index (χ2n) is 4.62. The summed E-state index contributed by atoms with van der Waals surface area (Å²) in [5.74, 6) is 2.29. The normalized spacial score (nSPS) is 11.1. The largest absolute Gasteiger partial charge is 0.383 e. The molecule has 6 heteroatoms. The van der Waals surface area contributed by atoms with Crippen LogP contribution in [0.25, 0.3) is 0 Å². The van der Waals surface area contributed by atoms with Crippen LogP contribution in [0.3, 0.4) is 0 Å². The molecule has 0 aliphatic carbocycles. The van der Waals surface area contributed by atoms with E-state index in [0.29, 0.717) is 17.5 Å². The Morgan fingerprint density at radius 2 is 1.80 bits per heavy atom. The molecule has 1 aromatic heterocycles. The molecule has 0 saturated carbocycles. The second kappa shape index (κ2) is 6.91. The van der Waals surface area contributed by atoms with Crippen molar-refractivity contribution < 1.29 is 0 Å². The topological polar surface area (TPSA) is 51.8 Å². The summed E-state index contributed by atoms with van der Waals surface area (Å²) in [5.41, 5.74) is 6.90. The lowest BCUT2D eigenvalue weighted by Gasteiger charge is -2.11. The van der Waals surface area contributed by atoms with Gasteiger partial charge in [0.05, 0.1) is 15.9 Å². The van der Waals surface area contributed by atoms with Crippen LogP contribution in [0.5, 0.6) is 0 Å². The molecule has 2 aromatic rings. The van der Waals surface area contributed by atoms with Crippen LogP contribution in [-0.4, -0.2) is 9.97 Å². The van der Waals surface area contributed by atoms with Crippen LogP contribution in [0.4, 0.5) is 5.82 Å². The van der Waals surface area contributed by atoms with Crippen LogP contribution >= 0.6 is 43.6 Å². The average Bonchev–Trinajstić information content (AvgIpc) is 2.41. The van der Waals surface area contributed by atoms with Crippen molar-refractivity contribution >= 4 is 49.4 Å². The molecular formula is C14H15Br2N3S. The maximum Gasteiger partial charge on any atom is 0.141 e. The molecule has 0 aliphatic rings. The van der Waals surface area contributed by atoms with Crippen molar-refractivity contribution in [3.63, 3.8) is 0 Å². The lowest BCUT2D eigenvalue weighted by molar-refractivity contribution is 0.794. The zero-order chi connectivity index (χ0) is 14.7. The van der Waals surface area contributed by atoms with Gasteiger partial charge in [-0.2, -0.15) is 0 Å². The highest BCUT2D eigenvalue weighted by Crippen LogP contribution is 2.29. The van der Waals surface area contributed by atoms with Gasteiger partial charge in [0.2, 0.25) is 0 Å². The van der Waals surface area contributed by atoms with E-state index in [0.717, 1.165) is 20.5 Å². The number of nitrogens with two attached hydrogens (primary N) is 1. The zero-order valence-electron chi connectivity index (χ0n) is 11.2. The summed E-state index contributed by atoms with van der Waals surface area (Å²) in [7, 11) is 0. The molecule has 0 spiro atoms. The lowest BCUT2D eigenvalue weighted by atomic mass is 10.1. The quantitative estimate of drug-likeness (QED) is 0.712. The SMILES string of the molecule is CC(C)c1nc(CSc2ccc(Br)cc2)nc(N)c1Br. The minimum atomic E-state index is 0.311. The highest BCUT2D eigenvalue weighted by atomic mass is 79.9. The molecule has 0 saturated heterocycles. The lowest BCUT2D eigenvalue weighted by Crippen LogP contribution is -2.06. The third-order valence-electron chi connectivity index (χ3n) is 2.68. The molecule has 1 aromatic carbocycles. The van der Waals surface area contributed by atoms with E-state index in [4.69, 9.17) is 5.73 Å². The molecule has 0 unspecified atom stereocenters. The minimum absolute atomic E-state index is 0.311. The molecule has 0 radical (unpaired) electrons. The Morgan fingerprint density at radius 3 is 2.40 bits per heavy atom. The maximum atomic E-state index is 5.93. The van der Waals surface area contributed by atoms with E-state index >= 15 is 0 Å². The van der Waals surface area contributed by atoms with E-state index in [1.807, 2.05) is 12.1 Å². The first kappa shape index (κ1) is 15.8. The van der Waals surface area contributed by atoms with Crippen molar-refractivity contribution in [3.05, 3.63) is 44.7 Å². The number of rotatable bonds is 4. The van der Waals surface area contributed by atoms with E-state index < -0.39 is 0 Å². The summed E-state index contributed by atoms with van der Waals surface area (Å²) < 4.78 is 1.89. The first-order chi connectivity index (χ1) is 9.47. The summed E-state index contributed by atoms with van der Waals surface area (Å²) >= 11 is 8.59. The molecule has 20 heavy (non-hydrogen) atoms. The molecule has 2 N–H and O–H groups in total. The summed E-state index contributed by atoms with van der Waals surface area (Å²) in [6.07, 6.45) is 0. The van der Waals surface area contributed by atoms with E-state index in [9.17, 15) is 0 Å². The Balaban J connectivity index is 2.15. The van der Waals surface area contributed by atoms with Crippen LogP contribution in [0.1, 0.15) is 31.3 Å². The van der Waals surface area contributed by atoms with Gasteiger partial charge >= 0.3 is 0 Å². The van der Waals surface area contributed by atoms with Gasteiger partial charge in [0.1, 0.15) is 11.6 Å². The number of anilines is 1. The fourth-order valence-corrected chi connectivity index (χ4v) is 3.31. The van der Waals surface area contributed by atoms with Crippen LogP contribution in [0.2, 0.25) is 0 Å². The highest BCUT2D eigenvalue weighted by Gasteiger charge is 2.13. The van der Waals surface area contributed by atoms with Gasteiger partial charge in [-0.25, -0.2) is 9.97 Å². The van der Waals surface area contributed by atoms with Gasteiger partial charge in [0.15, 0.2) is 0 Å². The fourth-order valence-electron chi connectivity index (χ4n) is 1.66. The molecule has 106 valence electrons. The highest BCUT2D eigenvalue weighted by molar-refractivity contribution is 9.11. The van der Waals surface area contributed by atoms with Crippen molar-refractivity contribution in [3.8, 4) is 0 Å². The maximum absolute atomic E-state index is 5.93. The van der Waals surface area contributed by atoms with Crippen molar-refractivity contribution in [2.24, 2.45) is 0 Å². The summed E-state index contributed by atoms with van der Waals surface area (Å²) in [6, 6.07) is 8.19. The van der Waals surface area contributed by atoms with E-state index in [1.54, 1.807) is 11.8 Å². The predicted octanol–water partition coefficient (Wildman–Crippen LogP) is 5.00. The summed E-state index contributed by atoms with van der Waals surface area (Å²) in [6.45, 7) is 4.19. The Labute approximate surface area is 140 Å².